The number of hydrogen-bond donors (Lipinski definition) is 1. The summed E-state index contributed by atoms with van der Waals surface area (Å²) in [4.78, 5) is 12.0. The lowest BCUT2D eigenvalue weighted by atomic mass is 9.80. The van der Waals surface area contributed by atoms with Crippen LogP contribution in [0.1, 0.15) is 44.6 Å². The molecule has 0 aromatic heterocycles. The van der Waals surface area contributed by atoms with Crippen LogP contribution in [0.15, 0.2) is 24.3 Å². The second-order valence-electron chi connectivity index (χ2n) is 5.47. The summed E-state index contributed by atoms with van der Waals surface area (Å²) in [6, 6.07) is 6.27. The molecule has 1 aliphatic carbocycles. The molecule has 0 radical (unpaired) electrons. The summed E-state index contributed by atoms with van der Waals surface area (Å²) in [5, 5.41) is 2.96. The maximum absolute atomic E-state index is 12.8. The van der Waals surface area contributed by atoms with Gasteiger partial charge in [-0.1, -0.05) is 25.5 Å². The van der Waals surface area contributed by atoms with Crippen LogP contribution in [0.25, 0.3) is 0 Å². The summed E-state index contributed by atoms with van der Waals surface area (Å²) in [6.45, 7) is 2.71. The number of carbonyl (C=O) groups is 1. The molecule has 0 heterocycles. The third-order valence-electron chi connectivity index (χ3n) is 4.17. The van der Waals surface area contributed by atoms with Crippen LogP contribution < -0.4 is 5.32 Å². The number of carbonyl (C=O) groups excluding carboxylic acids is 1. The van der Waals surface area contributed by atoms with Gasteiger partial charge in [0.25, 0.3) is 0 Å². The molecule has 1 N–H and O–H groups in total. The Bertz CT molecular complexity index is 407. The summed E-state index contributed by atoms with van der Waals surface area (Å²) < 4.78 is 12.8. The summed E-state index contributed by atoms with van der Waals surface area (Å²) in [7, 11) is 0. The van der Waals surface area contributed by atoms with E-state index in [4.69, 9.17) is 0 Å². The normalized spacial score (nSPS) is 23.1. The summed E-state index contributed by atoms with van der Waals surface area (Å²) in [5.41, 5.74) is 0.942. The van der Waals surface area contributed by atoms with E-state index in [1.54, 1.807) is 12.1 Å². The van der Waals surface area contributed by atoms with Crippen molar-refractivity contribution in [2.45, 2.75) is 45.6 Å². The van der Waals surface area contributed by atoms with Crippen molar-refractivity contribution in [2.75, 3.05) is 0 Å². The fraction of sp³-hybridized carbons (Fsp3) is 0.562. The minimum Gasteiger partial charge on any atom is -0.352 e. The number of nitrogens with one attached hydrogen (secondary N) is 1. The molecule has 0 atom stereocenters. The third kappa shape index (κ3) is 4.05. The molecule has 1 saturated carbocycles. The Morgan fingerprint density at radius 2 is 1.84 bits per heavy atom. The van der Waals surface area contributed by atoms with Crippen LogP contribution in [-0.2, 0) is 11.3 Å². The topological polar surface area (TPSA) is 29.1 Å². The van der Waals surface area contributed by atoms with Gasteiger partial charge in [0.2, 0.25) is 5.91 Å². The van der Waals surface area contributed by atoms with E-state index in [0.717, 1.165) is 24.3 Å². The zero-order chi connectivity index (χ0) is 13.7. The lowest BCUT2D eigenvalue weighted by Gasteiger charge is -2.26. The van der Waals surface area contributed by atoms with E-state index in [2.05, 4.69) is 12.2 Å². The van der Waals surface area contributed by atoms with Crippen LogP contribution in [0.3, 0.4) is 0 Å². The predicted octanol–water partition coefficient (Wildman–Crippen LogP) is 3.66. The monoisotopic (exact) mass is 263 g/mol. The number of benzene rings is 1. The Hall–Kier alpha value is -1.38. The molecule has 2 nitrogen and oxygen atoms in total. The van der Waals surface area contributed by atoms with Crippen LogP contribution in [0, 0.1) is 17.7 Å². The van der Waals surface area contributed by atoms with E-state index in [0.29, 0.717) is 6.54 Å². The highest BCUT2D eigenvalue weighted by atomic mass is 19.1. The van der Waals surface area contributed by atoms with Gasteiger partial charge in [-0.25, -0.2) is 4.39 Å². The van der Waals surface area contributed by atoms with E-state index in [1.807, 2.05) is 0 Å². The van der Waals surface area contributed by atoms with Crippen molar-refractivity contribution in [2.24, 2.45) is 11.8 Å². The van der Waals surface area contributed by atoms with Crippen LogP contribution >= 0.6 is 0 Å². The molecule has 0 unspecified atom stereocenters. The summed E-state index contributed by atoms with van der Waals surface area (Å²) in [6.07, 6.45) is 5.59. The molecule has 104 valence electrons. The number of amides is 1. The smallest absolute Gasteiger partial charge is 0.223 e. The summed E-state index contributed by atoms with van der Waals surface area (Å²) >= 11 is 0. The van der Waals surface area contributed by atoms with E-state index in [1.165, 1.54) is 31.4 Å². The van der Waals surface area contributed by atoms with Gasteiger partial charge in [-0.15, -0.1) is 0 Å². The minimum atomic E-state index is -0.243. The van der Waals surface area contributed by atoms with Crippen molar-refractivity contribution < 1.29 is 9.18 Å². The van der Waals surface area contributed by atoms with Gasteiger partial charge >= 0.3 is 0 Å². The Morgan fingerprint density at radius 3 is 2.42 bits per heavy atom. The van der Waals surface area contributed by atoms with Crippen LogP contribution in [0.2, 0.25) is 0 Å². The molecular formula is C16H22FNO. The van der Waals surface area contributed by atoms with E-state index >= 15 is 0 Å². The second kappa shape index (κ2) is 6.69. The minimum absolute atomic E-state index is 0.152. The molecule has 0 saturated heterocycles. The lowest BCUT2D eigenvalue weighted by molar-refractivity contribution is -0.126. The van der Waals surface area contributed by atoms with Gasteiger partial charge in [-0.3, -0.25) is 4.79 Å². The zero-order valence-corrected chi connectivity index (χ0v) is 11.5. The molecule has 0 aliphatic heterocycles. The number of hydrogen-bond acceptors (Lipinski definition) is 1. The molecule has 1 amide bonds. The second-order valence-corrected chi connectivity index (χ2v) is 5.47. The van der Waals surface area contributed by atoms with Crippen LogP contribution in [0.4, 0.5) is 4.39 Å². The number of rotatable bonds is 4. The maximum atomic E-state index is 12.8. The first kappa shape index (κ1) is 14.0. The first-order valence-electron chi connectivity index (χ1n) is 7.21. The van der Waals surface area contributed by atoms with Crippen molar-refractivity contribution in [1.29, 1.82) is 0 Å². The van der Waals surface area contributed by atoms with Crippen molar-refractivity contribution in [3.8, 4) is 0 Å². The number of halogens is 1. The van der Waals surface area contributed by atoms with Crippen LogP contribution in [0.5, 0.6) is 0 Å². The lowest BCUT2D eigenvalue weighted by Crippen LogP contribution is -2.32. The molecular weight excluding hydrogens is 241 g/mol. The first-order chi connectivity index (χ1) is 9.19. The quantitative estimate of drug-likeness (QED) is 0.882. The Balaban J connectivity index is 1.77. The molecule has 0 bridgehead atoms. The molecule has 1 aromatic rings. The average molecular weight is 263 g/mol. The van der Waals surface area contributed by atoms with Gasteiger partial charge in [0.15, 0.2) is 0 Å². The van der Waals surface area contributed by atoms with Crippen molar-refractivity contribution in [3.63, 3.8) is 0 Å². The predicted molar refractivity (Wildman–Crippen MR) is 74.0 cm³/mol. The van der Waals surface area contributed by atoms with Crippen LogP contribution in [-0.4, -0.2) is 5.91 Å². The maximum Gasteiger partial charge on any atom is 0.223 e. The molecule has 2 rings (SSSR count). The highest BCUT2D eigenvalue weighted by Gasteiger charge is 2.25. The zero-order valence-electron chi connectivity index (χ0n) is 11.5. The SMILES string of the molecule is CCC1CCC(C(=O)NCc2ccc(F)cc2)CC1. The van der Waals surface area contributed by atoms with E-state index in [9.17, 15) is 9.18 Å². The average Bonchev–Trinajstić information content (AvgIpc) is 2.46. The van der Waals surface area contributed by atoms with Crippen molar-refractivity contribution >= 4 is 5.91 Å². The molecule has 1 aromatic carbocycles. The Labute approximate surface area is 114 Å². The molecule has 1 aliphatic rings. The molecule has 3 heteroatoms. The largest absolute Gasteiger partial charge is 0.352 e. The Kier molecular flexibility index (Phi) is 4.94. The first-order valence-corrected chi connectivity index (χ1v) is 7.21. The van der Waals surface area contributed by atoms with Gasteiger partial charge in [-0.05, 0) is 49.3 Å². The summed E-state index contributed by atoms with van der Waals surface area (Å²) in [5.74, 6) is 0.885. The van der Waals surface area contributed by atoms with Gasteiger partial charge in [0.05, 0.1) is 0 Å². The molecule has 0 spiro atoms. The van der Waals surface area contributed by atoms with Gasteiger partial charge < -0.3 is 5.32 Å². The van der Waals surface area contributed by atoms with E-state index in [-0.39, 0.29) is 17.6 Å². The standard InChI is InChI=1S/C16H22FNO/c1-2-12-3-7-14(8-4-12)16(19)18-11-13-5-9-15(17)10-6-13/h5-6,9-10,12,14H,2-4,7-8,11H2,1H3,(H,18,19). The highest BCUT2D eigenvalue weighted by molar-refractivity contribution is 5.78. The van der Waals surface area contributed by atoms with Gasteiger partial charge in [-0.2, -0.15) is 0 Å². The molecule has 19 heavy (non-hydrogen) atoms. The fourth-order valence-electron chi connectivity index (χ4n) is 2.77. The third-order valence-corrected chi connectivity index (χ3v) is 4.17. The molecule has 1 fully saturated rings. The fourth-order valence-corrected chi connectivity index (χ4v) is 2.77. The Morgan fingerprint density at radius 1 is 1.21 bits per heavy atom. The van der Waals surface area contributed by atoms with Crippen molar-refractivity contribution in [1.82, 2.24) is 5.32 Å². The van der Waals surface area contributed by atoms with Gasteiger partial charge in [0.1, 0.15) is 5.82 Å². The van der Waals surface area contributed by atoms with Crippen molar-refractivity contribution in [3.05, 3.63) is 35.6 Å². The van der Waals surface area contributed by atoms with Gasteiger partial charge in [0, 0.05) is 12.5 Å². The van der Waals surface area contributed by atoms with E-state index < -0.39 is 0 Å². The highest BCUT2D eigenvalue weighted by Crippen LogP contribution is 2.30.